The van der Waals surface area contributed by atoms with Gasteiger partial charge in [0.1, 0.15) is 0 Å². The van der Waals surface area contributed by atoms with E-state index in [1.54, 1.807) is 11.3 Å². The number of aryl methyl sites for hydroxylation is 1. The molecule has 88 valence electrons. The molecule has 1 aliphatic rings. The summed E-state index contributed by atoms with van der Waals surface area (Å²) in [6.07, 6.45) is 5.74. The molecule has 0 saturated heterocycles. The standard InChI is InChI=1S/C11H16N2O2S/c14-10(15)6-5-9-7-16-11(13-9)12-8-3-1-2-4-8/h7-8H,1-6H2,(H,12,13)(H,14,15). The number of aromatic nitrogens is 1. The highest BCUT2D eigenvalue weighted by molar-refractivity contribution is 7.13. The molecule has 2 N–H and O–H groups in total. The average Bonchev–Trinajstić information content (AvgIpc) is 2.87. The van der Waals surface area contributed by atoms with E-state index in [-0.39, 0.29) is 6.42 Å². The number of hydrogen-bond donors (Lipinski definition) is 2. The fourth-order valence-electron chi connectivity index (χ4n) is 1.97. The van der Waals surface area contributed by atoms with Gasteiger partial charge in [0.25, 0.3) is 0 Å². The molecule has 1 heterocycles. The summed E-state index contributed by atoms with van der Waals surface area (Å²) < 4.78 is 0. The minimum atomic E-state index is -0.765. The maximum Gasteiger partial charge on any atom is 0.303 e. The molecule has 1 aromatic heterocycles. The molecule has 5 heteroatoms. The second-order valence-electron chi connectivity index (χ2n) is 4.16. The Hall–Kier alpha value is -1.10. The minimum Gasteiger partial charge on any atom is -0.481 e. The normalized spacial score (nSPS) is 16.5. The Labute approximate surface area is 98.7 Å². The van der Waals surface area contributed by atoms with Gasteiger partial charge in [-0.2, -0.15) is 0 Å². The van der Waals surface area contributed by atoms with Crippen molar-refractivity contribution in [1.82, 2.24) is 4.98 Å². The minimum absolute atomic E-state index is 0.159. The molecule has 0 atom stereocenters. The Bertz CT molecular complexity index is 359. The smallest absolute Gasteiger partial charge is 0.303 e. The van der Waals surface area contributed by atoms with Gasteiger partial charge in [-0.05, 0) is 12.8 Å². The zero-order chi connectivity index (χ0) is 11.4. The molecular formula is C11H16N2O2S. The highest BCUT2D eigenvalue weighted by Crippen LogP contribution is 2.24. The lowest BCUT2D eigenvalue weighted by molar-refractivity contribution is -0.136. The fraction of sp³-hybridized carbons (Fsp3) is 0.636. The van der Waals surface area contributed by atoms with Crippen LogP contribution < -0.4 is 5.32 Å². The van der Waals surface area contributed by atoms with E-state index >= 15 is 0 Å². The third-order valence-electron chi connectivity index (χ3n) is 2.83. The summed E-state index contributed by atoms with van der Waals surface area (Å²) in [6, 6.07) is 0.568. The van der Waals surface area contributed by atoms with Crippen molar-refractivity contribution in [2.45, 2.75) is 44.6 Å². The van der Waals surface area contributed by atoms with E-state index in [4.69, 9.17) is 5.11 Å². The van der Waals surface area contributed by atoms with E-state index in [2.05, 4.69) is 10.3 Å². The maximum absolute atomic E-state index is 10.4. The van der Waals surface area contributed by atoms with Crippen LogP contribution in [0.3, 0.4) is 0 Å². The van der Waals surface area contributed by atoms with Crippen LogP contribution in [0.4, 0.5) is 5.13 Å². The summed E-state index contributed by atoms with van der Waals surface area (Å²) in [6.45, 7) is 0. The van der Waals surface area contributed by atoms with Gasteiger partial charge in [-0.15, -0.1) is 11.3 Å². The fourth-order valence-corrected chi connectivity index (χ4v) is 2.79. The van der Waals surface area contributed by atoms with Gasteiger partial charge >= 0.3 is 5.97 Å². The number of carboxylic acids is 1. The van der Waals surface area contributed by atoms with Crippen LogP contribution in [0.5, 0.6) is 0 Å². The van der Waals surface area contributed by atoms with Gasteiger partial charge in [0.15, 0.2) is 5.13 Å². The largest absolute Gasteiger partial charge is 0.481 e. The molecule has 1 fully saturated rings. The molecule has 4 nitrogen and oxygen atoms in total. The second-order valence-corrected chi connectivity index (χ2v) is 5.02. The van der Waals surface area contributed by atoms with Crippen LogP contribution in [0.15, 0.2) is 5.38 Å². The van der Waals surface area contributed by atoms with Crippen LogP contribution in [0.1, 0.15) is 37.8 Å². The molecule has 2 rings (SSSR count). The van der Waals surface area contributed by atoms with Crippen LogP contribution in [0.25, 0.3) is 0 Å². The van der Waals surface area contributed by atoms with Crippen LogP contribution in [0.2, 0.25) is 0 Å². The van der Waals surface area contributed by atoms with Crippen molar-refractivity contribution in [3.8, 4) is 0 Å². The molecule has 1 aromatic rings. The Kier molecular flexibility index (Phi) is 3.77. The predicted octanol–water partition coefficient (Wildman–Crippen LogP) is 2.51. The van der Waals surface area contributed by atoms with Gasteiger partial charge in [-0.3, -0.25) is 4.79 Å². The Balaban J connectivity index is 1.84. The summed E-state index contributed by atoms with van der Waals surface area (Å²) >= 11 is 1.57. The zero-order valence-electron chi connectivity index (χ0n) is 9.11. The number of thiazole rings is 1. The van der Waals surface area contributed by atoms with Gasteiger partial charge in [0.2, 0.25) is 0 Å². The van der Waals surface area contributed by atoms with Crippen LogP contribution in [-0.2, 0) is 11.2 Å². The lowest BCUT2D eigenvalue weighted by atomic mass is 10.2. The van der Waals surface area contributed by atoms with Crippen molar-refractivity contribution in [2.75, 3.05) is 5.32 Å². The molecule has 1 aliphatic carbocycles. The van der Waals surface area contributed by atoms with Crippen molar-refractivity contribution in [3.63, 3.8) is 0 Å². The quantitative estimate of drug-likeness (QED) is 0.830. The molecule has 0 aromatic carbocycles. The number of aliphatic carboxylic acids is 1. The lowest BCUT2D eigenvalue weighted by Crippen LogP contribution is -2.14. The average molecular weight is 240 g/mol. The molecule has 0 bridgehead atoms. The van der Waals surface area contributed by atoms with Gasteiger partial charge in [-0.25, -0.2) is 4.98 Å². The summed E-state index contributed by atoms with van der Waals surface area (Å²) in [7, 11) is 0. The Morgan fingerprint density at radius 2 is 2.31 bits per heavy atom. The van der Waals surface area contributed by atoms with Crippen LogP contribution in [-0.4, -0.2) is 22.1 Å². The van der Waals surface area contributed by atoms with E-state index < -0.39 is 5.97 Å². The van der Waals surface area contributed by atoms with Crippen molar-refractivity contribution >= 4 is 22.4 Å². The third-order valence-corrected chi connectivity index (χ3v) is 3.65. The maximum atomic E-state index is 10.4. The first-order valence-electron chi connectivity index (χ1n) is 5.67. The number of carboxylic acid groups (broad SMARTS) is 1. The number of rotatable bonds is 5. The van der Waals surface area contributed by atoms with Crippen molar-refractivity contribution in [2.24, 2.45) is 0 Å². The molecule has 0 aliphatic heterocycles. The molecule has 0 radical (unpaired) electrons. The predicted molar refractivity (Wildman–Crippen MR) is 63.9 cm³/mol. The van der Waals surface area contributed by atoms with Crippen molar-refractivity contribution < 1.29 is 9.90 Å². The second kappa shape index (κ2) is 5.30. The number of carbonyl (C=O) groups is 1. The van der Waals surface area contributed by atoms with Gasteiger partial charge in [0.05, 0.1) is 12.1 Å². The number of hydrogen-bond acceptors (Lipinski definition) is 4. The summed E-state index contributed by atoms with van der Waals surface area (Å²) in [4.78, 5) is 14.8. The van der Waals surface area contributed by atoms with Gasteiger partial charge < -0.3 is 10.4 Å². The first-order valence-corrected chi connectivity index (χ1v) is 6.55. The summed E-state index contributed by atoms with van der Waals surface area (Å²) in [5.74, 6) is -0.765. The number of anilines is 1. The highest BCUT2D eigenvalue weighted by Gasteiger charge is 2.15. The van der Waals surface area contributed by atoms with E-state index in [1.807, 2.05) is 5.38 Å². The number of nitrogens with zero attached hydrogens (tertiary/aromatic N) is 1. The van der Waals surface area contributed by atoms with Crippen LogP contribution >= 0.6 is 11.3 Å². The summed E-state index contributed by atoms with van der Waals surface area (Å²) in [5, 5.41) is 14.9. The highest BCUT2D eigenvalue weighted by atomic mass is 32.1. The van der Waals surface area contributed by atoms with E-state index in [1.165, 1.54) is 25.7 Å². The Morgan fingerprint density at radius 1 is 1.56 bits per heavy atom. The SMILES string of the molecule is O=C(O)CCc1csc(NC2CCCC2)n1. The molecule has 0 amide bonds. The van der Waals surface area contributed by atoms with Crippen molar-refractivity contribution in [3.05, 3.63) is 11.1 Å². The topological polar surface area (TPSA) is 62.2 Å². The van der Waals surface area contributed by atoms with E-state index in [0.717, 1.165) is 10.8 Å². The zero-order valence-corrected chi connectivity index (χ0v) is 9.92. The molecule has 0 unspecified atom stereocenters. The van der Waals surface area contributed by atoms with Crippen molar-refractivity contribution in [1.29, 1.82) is 0 Å². The van der Waals surface area contributed by atoms with E-state index in [0.29, 0.717) is 12.5 Å². The number of nitrogens with one attached hydrogen (secondary N) is 1. The molecule has 0 spiro atoms. The lowest BCUT2D eigenvalue weighted by Gasteiger charge is -2.09. The summed E-state index contributed by atoms with van der Waals surface area (Å²) in [5.41, 5.74) is 0.882. The monoisotopic (exact) mass is 240 g/mol. The van der Waals surface area contributed by atoms with E-state index in [9.17, 15) is 4.79 Å². The molecule has 16 heavy (non-hydrogen) atoms. The molecule has 1 saturated carbocycles. The van der Waals surface area contributed by atoms with Gasteiger partial charge in [0, 0.05) is 17.8 Å². The first kappa shape index (κ1) is 11.4. The Morgan fingerprint density at radius 3 is 3.00 bits per heavy atom. The first-order chi connectivity index (χ1) is 7.74. The van der Waals surface area contributed by atoms with Gasteiger partial charge in [-0.1, -0.05) is 12.8 Å². The molecular weight excluding hydrogens is 224 g/mol. The van der Waals surface area contributed by atoms with Crippen LogP contribution in [0, 0.1) is 0 Å². The third kappa shape index (κ3) is 3.20.